The number of methoxy groups -OCH3 is 3. The molecule has 142 valence electrons. The summed E-state index contributed by atoms with van der Waals surface area (Å²) in [5.41, 5.74) is 0.944. The van der Waals surface area contributed by atoms with Crippen LogP contribution in [0.1, 0.15) is 39.2 Å². The van der Waals surface area contributed by atoms with Crippen molar-refractivity contribution < 1.29 is 14.2 Å². The third kappa shape index (κ3) is 6.03. The highest BCUT2D eigenvalue weighted by molar-refractivity contribution is 5.79. The zero-order chi connectivity index (χ0) is 18.7. The van der Waals surface area contributed by atoms with Gasteiger partial charge in [-0.1, -0.05) is 26.7 Å². The Morgan fingerprint density at radius 1 is 0.960 bits per heavy atom. The third-order valence-electron chi connectivity index (χ3n) is 4.25. The van der Waals surface area contributed by atoms with Crippen molar-refractivity contribution in [2.24, 2.45) is 10.9 Å². The highest BCUT2D eigenvalue weighted by atomic mass is 16.5. The van der Waals surface area contributed by atoms with E-state index in [9.17, 15) is 0 Å². The van der Waals surface area contributed by atoms with Gasteiger partial charge in [0.25, 0.3) is 0 Å². The fourth-order valence-corrected chi connectivity index (χ4v) is 2.61. The monoisotopic (exact) mass is 351 g/mol. The molecule has 0 amide bonds. The second-order valence-electron chi connectivity index (χ2n) is 5.75. The maximum Gasteiger partial charge on any atom is 0.203 e. The van der Waals surface area contributed by atoms with Gasteiger partial charge >= 0.3 is 0 Å². The number of rotatable bonds is 10. The first kappa shape index (κ1) is 20.9. The second kappa shape index (κ2) is 11.4. The molecule has 0 aromatic heterocycles. The molecule has 0 spiro atoms. The normalized spacial score (nSPS) is 11.4. The summed E-state index contributed by atoms with van der Waals surface area (Å²) in [5, 5.41) is 6.71. The van der Waals surface area contributed by atoms with Crippen molar-refractivity contribution in [3.63, 3.8) is 0 Å². The lowest BCUT2D eigenvalue weighted by Crippen LogP contribution is -2.39. The molecular weight excluding hydrogens is 318 g/mol. The highest BCUT2D eigenvalue weighted by Crippen LogP contribution is 2.39. The summed E-state index contributed by atoms with van der Waals surface area (Å²) in [4.78, 5) is 4.68. The van der Waals surface area contributed by atoms with Gasteiger partial charge in [0.1, 0.15) is 0 Å². The number of guanidine groups is 1. The number of aliphatic imine (C=N–C) groups is 1. The Bertz CT molecular complexity index is 543. The largest absolute Gasteiger partial charge is 0.493 e. The molecule has 1 rings (SSSR count). The molecule has 0 heterocycles. The first-order chi connectivity index (χ1) is 12.1. The van der Waals surface area contributed by atoms with E-state index in [0.717, 1.165) is 37.5 Å². The van der Waals surface area contributed by atoms with E-state index < -0.39 is 0 Å². The molecule has 0 aliphatic carbocycles. The third-order valence-corrected chi connectivity index (χ3v) is 4.25. The molecule has 0 aliphatic heterocycles. The minimum absolute atomic E-state index is 0.488. The summed E-state index contributed by atoms with van der Waals surface area (Å²) in [7, 11) is 4.84. The van der Waals surface area contributed by atoms with E-state index >= 15 is 0 Å². The van der Waals surface area contributed by atoms with Crippen LogP contribution in [0.5, 0.6) is 17.2 Å². The maximum absolute atomic E-state index is 5.52. The lowest BCUT2D eigenvalue weighted by molar-refractivity contribution is 0.322. The Morgan fingerprint density at radius 2 is 1.64 bits per heavy atom. The summed E-state index contributed by atoms with van der Waals surface area (Å²) in [6.07, 6.45) is 2.32. The molecule has 0 saturated heterocycles. The van der Waals surface area contributed by atoms with E-state index in [1.807, 2.05) is 12.1 Å². The van der Waals surface area contributed by atoms with E-state index in [1.54, 1.807) is 21.3 Å². The van der Waals surface area contributed by atoms with Gasteiger partial charge in [0, 0.05) is 18.7 Å². The van der Waals surface area contributed by atoms with Gasteiger partial charge in [0.15, 0.2) is 17.5 Å². The van der Waals surface area contributed by atoms with Crippen LogP contribution in [0.25, 0.3) is 0 Å². The molecule has 0 unspecified atom stereocenters. The molecule has 6 nitrogen and oxygen atoms in total. The number of hydrogen-bond acceptors (Lipinski definition) is 4. The van der Waals surface area contributed by atoms with Crippen LogP contribution in [0.15, 0.2) is 17.1 Å². The topological polar surface area (TPSA) is 64.1 Å². The van der Waals surface area contributed by atoms with Crippen LogP contribution in [0.3, 0.4) is 0 Å². The Morgan fingerprint density at radius 3 is 2.16 bits per heavy atom. The standard InChI is InChI=1S/C19H33N3O3/c1-7-14(8-2)12-21-19(20-9-3)22-13-15-10-11-16(23-4)18(25-6)17(15)24-5/h10-11,14H,7-9,12-13H2,1-6H3,(H2,20,21,22). The minimum atomic E-state index is 0.488. The molecule has 25 heavy (non-hydrogen) atoms. The molecule has 6 heteroatoms. The van der Waals surface area contributed by atoms with Crippen molar-refractivity contribution in [3.05, 3.63) is 17.7 Å². The minimum Gasteiger partial charge on any atom is -0.493 e. The van der Waals surface area contributed by atoms with E-state index in [0.29, 0.717) is 29.7 Å². The molecule has 0 radical (unpaired) electrons. The van der Waals surface area contributed by atoms with Crippen molar-refractivity contribution in [2.45, 2.75) is 40.2 Å². The van der Waals surface area contributed by atoms with Gasteiger partial charge in [-0.25, -0.2) is 4.99 Å². The van der Waals surface area contributed by atoms with Gasteiger partial charge < -0.3 is 24.8 Å². The van der Waals surface area contributed by atoms with Crippen LogP contribution in [0, 0.1) is 5.92 Å². The summed E-state index contributed by atoms with van der Waals surface area (Å²) in [6.45, 7) is 8.72. The zero-order valence-corrected chi connectivity index (χ0v) is 16.4. The van der Waals surface area contributed by atoms with Crippen molar-refractivity contribution in [1.29, 1.82) is 0 Å². The van der Waals surface area contributed by atoms with Crippen molar-refractivity contribution in [1.82, 2.24) is 10.6 Å². The van der Waals surface area contributed by atoms with Crippen LogP contribution in [-0.2, 0) is 6.54 Å². The molecule has 0 fully saturated rings. The summed E-state index contributed by atoms with van der Waals surface area (Å²) >= 11 is 0. The van der Waals surface area contributed by atoms with Gasteiger partial charge in [-0.2, -0.15) is 0 Å². The molecule has 0 aliphatic rings. The Balaban J connectivity index is 2.94. The molecular formula is C19H33N3O3. The first-order valence-electron chi connectivity index (χ1n) is 8.94. The van der Waals surface area contributed by atoms with E-state index in [4.69, 9.17) is 14.2 Å². The van der Waals surface area contributed by atoms with Gasteiger partial charge in [-0.3, -0.25) is 0 Å². The SMILES string of the molecule is CCNC(=NCc1ccc(OC)c(OC)c1OC)NCC(CC)CC. The fraction of sp³-hybridized carbons (Fsp3) is 0.632. The summed E-state index contributed by atoms with van der Waals surface area (Å²) < 4.78 is 16.3. The van der Waals surface area contributed by atoms with Gasteiger partial charge in [0.2, 0.25) is 5.75 Å². The molecule has 0 saturated carbocycles. The van der Waals surface area contributed by atoms with Gasteiger partial charge in [0.05, 0.1) is 27.9 Å². The molecule has 1 aromatic rings. The number of hydrogen-bond donors (Lipinski definition) is 2. The quantitative estimate of drug-likeness (QED) is 0.501. The predicted molar refractivity (Wildman–Crippen MR) is 103 cm³/mol. The smallest absolute Gasteiger partial charge is 0.203 e. The van der Waals surface area contributed by atoms with Crippen LogP contribution in [0.4, 0.5) is 0 Å². The van der Waals surface area contributed by atoms with E-state index in [2.05, 4.69) is 36.4 Å². The van der Waals surface area contributed by atoms with Crippen molar-refractivity contribution >= 4 is 5.96 Å². The van der Waals surface area contributed by atoms with E-state index in [-0.39, 0.29) is 0 Å². The van der Waals surface area contributed by atoms with Gasteiger partial charge in [-0.05, 0) is 25.0 Å². The summed E-state index contributed by atoms with van der Waals surface area (Å²) in [5.74, 6) is 3.35. The summed E-state index contributed by atoms with van der Waals surface area (Å²) in [6, 6.07) is 3.82. The van der Waals surface area contributed by atoms with E-state index in [1.165, 1.54) is 0 Å². The Labute approximate surface area is 152 Å². The van der Waals surface area contributed by atoms with Crippen molar-refractivity contribution in [2.75, 3.05) is 34.4 Å². The molecule has 0 atom stereocenters. The van der Waals surface area contributed by atoms with Crippen LogP contribution >= 0.6 is 0 Å². The highest BCUT2D eigenvalue weighted by Gasteiger charge is 2.15. The molecule has 0 bridgehead atoms. The maximum atomic E-state index is 5.52. The number of nitrogens with one attached hydrogen (secondary N) is 2. The molecule has 1 aromatic carbocycles. The van der Waals surface area contributed by atoms with Crippen LogP contribution in [-0.4, -0.2) is 40.4 Å². The van der Waals surface area contributed by atoms with Gasteiger partial charge in [-0.15, -0.1) is 0 Å². The number of benzene rings is 1. The molecule has 2 N–H and O–H groups in total. The fourth-order valence-electron chi connectivity index (χ4n) is 2.61. The lowest BCUT2D eigenvalue weighted by Gasteiger charge is -2.17. The second-order valence-corrected chi connectivity index (χ2v) is 5.75. The Kier molecular flexibility index (Phi) is 9.58. The first-order valence-corrected chi connectivity index (χ1v) is 8.94. The van der Waals surface area contributed by atoms with Crippen molar-refractivity contribution in [3.8, 4) is 17.2 Å². The van der Waals surface area contributed by atoms with Crippen LogP contribution < -0.4 is 24.8 Å². The number of ether oxygens (including phenoxy) is 3. The van der Waals surface area contributed by atoms with Crippen LogP contribution in [0.2, 0.25) is 0 Å². The zero-order valence-electron chi connectivity index (χ0n) is 16.4. The average Bonchev–Trinajstić information content (AvgIpc) is 2.65. The lowest BCUT2D eigenvalue weighted by atomic mass is 10.0. The Hall–Kier alpha value is -2.11. The number of nitrogens with zero attached hydrogens (tertiary/aromatic N) is 1. The average molecular weight is 351 g/mol. The predicted octanol–water partition coefficient (Wildman–Crippen LogP) is 3.20.